The molecular formula is C30H39N5O2. The number of piperidine rings is 1. The van der Waals surface area contributed by atoms with Crippen LogP contribution in [0.2, 0.25) is 0 Å². The second-order valence-electron chi connectivity index (χ2n) is 10.7. The van der Waals surface area contributed by atoms with Crippen molar-refractivity contribution in [3.8, 4) is 5.75 Å². The van der Waals surface area contributed by atoms with Crippen LogP contribution in [0.1, 0.15) is 57.2 Å². The minimum Gasteiger partial charge on any atom is -0.491 e. The fourth-order valence-electron chi connectivity index (χ4n) is 5.51. The van der Waals surface area contributed by atoms with Gasteiger partial charge in [0.15, 0.2) is 0 Å². The summed E-state index contributed by atoms with van der Waals surface area (Å²) in [5.74, 6) is 1.68. The van der Waals surface area contributed by atoms with Crippen molar-refractivity contribution in [2.24, 2.45) is 0 Å². The first-order valence-electron chi connectivity index (χ1n) is 13.8. The molecule has 0 spiro atoms. The number of hydrogen-bond donors (Lipinski definition) is 1. The molecule has 0 bridgehead atoms. The Labute approximate surface area is 220 Å². The van der Waals surface area contributed by atoms with E-state index < -0.39 is 0 Å². The number of anilines is 2. The van der Waals surface area contributed by atoms with Crippen LogP contribution in [-0.4, -0.2) is 59.1 Å². The third-order valence-electron chi connectivity index (χ3n) is 7.50. The number of nitrogens with zero attached hydrogens (tertiary/aromatic N) is 4. The van der Waals surface area contributed by atoms with E-state index in [2.05, 4.69) is 15.1 Å². The van der Waals surface area contributed by atoms with Gasteiger partial charge in [-0.15, -0.1) is 0 Å². The summed E-state index contributed by atoms with van der Waals surface area (Å²) in [5, 5.41) is 4.03. The predicted octanol–water partition coefficient (Wildman–Crippen LogP) is 5.36. The Morgan fingerprint density at radius 1 is 1.03 bits per heavy atom. The molecule has 196 valence electrons. The van der Waals surface area contributed by atoms with Gasteiger partial charge < -0.3 is 19.9 Å². The molecule has 0 atom stereocenters. The van der Waals surface area contributed by atoms with E-state index in [1.807, 2.05) is 63.2 Å². The van der Waals surface area contributed by atoms with Gasteiger partial charge in [0.1, 0.15) is 5.75 Å². The average molecular weight is 502 g/mol. The van der Waals surface area contributed by atoms with E-state index in [1.165, 1.54) is 38.8 Å². The lowest BCUT2D eigenvalue weighted by atomic mass is 10.0. The largest absolute Gasteiger partial charge is 0.491 e. The molecule has 37 heavy (non-hydrogen) atoms. The molecule has 0 radical (unpaired) electrons. The quantitative estimate of drug-likeness (QED) is 0.448. The molecule has 5 rings (SSSR count). The van der Waals surface area contributed by atoms with Crippen molar-refractivity contribution >= 4 is 28.4 Å². The summed E-state index contributed by atoms with van der Waals surface area (Å²) in [7, 11) is 0. The Morgan fingerprint density at radius 2 is 1.76 bits per heavy atom. The summed E-state index contributed by atoms with van der Waals surface area (Å²) in [4.78, 5) is 27.3. The highest BCUT2D eigenvalue weighted by molar-refractivity contribution is 5.94. The lowest BCUT2D eigenvalue weighted by Crippen LogP contribution is -2.44. The molecule has 7 heteroatoms. The maximum atomic E-state index is 12.6. The molecular weight excluding hydrogens is 462 g/mol. The second kappa shape index (κ2) is 11.5. The summed E-state index contributed by atoms with van der Waals surface area (Å²) >= 11 is 0. The van der Waals surface area contributed by atoms with Crippen molar-refractivity contribution in [2.75, 3.05) is 36.4 Å². The van der Waals surface area contributed by atoms with Gasteiger partial charge in [0.05, 0.1) is 17.3 Å². The number of rotatable bonds is 8. The van der Waals surface area contributed by atoms with E-state index in [-0.39, 0.29) is 12.0 Å². The van der Waals surface area contributed by atoms with E-state index in [9.17, 15) is 4.79 Å². The number of nitrogens with one attached hydrogen (secondary N) is 1. The van der Waals surface area contributed by atoms with Crippen LogP contribution in [0.5, 0.6) is 5.75 Å². The number of carbonyl (C=O) groups is 1. The van der Waals surface area contributed by atoms with Gasteiger partial charge in [-0.25, -0.2) is 9.97 Å². The zero-order chi connectivity index (χ0) is 25.8. The number of carbonyl (C=O) groups excluding carboxylic acids is 1. The predicted molar refractivity (Wildman–Crippen MR) is 149 cm³/mol. The summed E-state index contributed by atoms with van der Waals surface area (Å²) in [5.41, 5.74) is 3.77. The smallest absolute Gasteiger partial charge is 0.226 e. The third-order valence-corrected chi connectivity index (χ3v) is 7.50. The average Bonchev–Trinajstić information content (AvgIpc) is 3.43. The first-order valence-corrected chi connectivity index (χ1v) is 13.8. The van der Waals surface area contributed by atoms with Crippen LogP contribution >= 0.6 is 0 Å². The van der Waals surface area contributed by atoms with E-state index in [1.54, 1.807) is 0 Å². The van der Waals surface area contributed by atoms with Gasteiger partial charge in [0, 0.05) is 36.6 Å². The normalized spacial score (nSPS) is 17.0. The van der Waals surface area contributed by atoms with Gasteiger partial charge >= 0.3 is 0 Å². The summed E-state index contributed by atoms with van der Waals surface area (Å²) in [6.07, 6.45) is 6.31. The lowest BCUT2D eigenvalue weighted by molar-refractivity contribution is -0.116. The van der Waals surface area contributed by atoms with Gasteiger partial charge in [-0.2, -0.15) is 0 Å². The fraction of sp³-hybridized carbons (Fsp3) is 0.500. The monoisotopic (exact) mass is 501 g/mol. The molecule has 1 N–H and O–H groups in total. The zero-order valence-electron chi connectivity index (χ0n) is 22.4. The Kier molecular flexibility index (Phi) is 7.89. The van der Waals surface area contributed by atoms with Crippen LogP contribution in [0.3, 0.4) is 0 Å². The maximum absolute atomic E-state index is 12.6. The van der Waals surface area contributed by atoms with Gasteiger partial charge in [0.25, 0.3) is 0 Å². The molecule has 0 aliphatic carbocycles. The van der Waals surface area contributed by atoms with Crippen LogP contribution < -0.4 is 15.0 Å². The number of ether oxygens (including phenoxy) is 1. The Hall–Kier alpha value is -3.19. The fourth-order valence-corrected chi connectivity index (χ4v) is 5.51. The van der Waals surface area contributed by atoms with Crippen molar-refractivity contribution in [2.45, 2.75) is 71.4 Å². The molecule has 7 nitrogen and oxygen atoms in total. The SMILES string of the molecule is Cc1nc(N2CCC(N3CCCC3)CC2)nc2ccc(NC(=O)CCc3ccc(OC(C)C)cc3)cc12. The highest BCUT2D eigenvalue weighted by Gasteiger charge is 2.27. The van der Waals surface area contributed by atoms with Crippen LogP contribution in [0.25, 0.3) is 10.9 Å². The topological polar surface area (TPSA) is 70.6 Å². The van der Waals surface area contributed by atoms with Crippen molar-refractivity contribution in [1.29, 1.82) is 0 Å². The summed E-state index contributed by atoms with van der Waals surface area (Å²) in [6.45, 7) is 10.6. The van der Waals surface area contributed by atoms with Crippen molar-refractivity contribution < 1.29 is 9.53 Å². The molecule has 2 aliphatic heterocycles. The van der Waals surface area contributed by atoms with Crippen LogP contribution in [0, 0.1) is 6.92 Å². The number of aryl methyl sites for hydroxylation is 2. The van der Waals surface area contributed by atoms with E-state index in [4.69, 9.17) is 14.7 Å². The number of aromatic nitrogens is 2. The van der Waals surface area contributed by atoms with Crippen LogP contribution in [-0.2, 0) is 11.2 Å². The second-order valence-corrected chi connectivity index (χ2v) is 10.7. The van der Waals surface area contributed by atoms with E-state index in [0.717, 1.165) is 52.6 Å². The number of fused-ring (bicyclic) bond motifs is 1. The molecule has 0 unspecified atom stereocenters. The first kappa shape index (κ1) is 25.5. The molecule has 1 amide bonds. The minimum absolute atomic E-state index is 0.00192. The summed E-state index contributed by atoms with van der Waals surface area (Å²) < 4.78 is 5.69. The molecule has 3 heterocycles. The standard InChI is InChI=1S/C30H39N5O2/c1-21(2)37-26-10-6-23(7-11-26)8-13-29(36)32-24-9-12-28-27(20-24)22(3)31-30(33-28)35-18-14-25(15-19-35)34-16-4-5-17-34/h6-7,9-12,20-21,25H,4-5,8,13-19H2,1-3H3,(H,32,36). The van der Waals surface area contributed by atoms with Crippen molar-refractivity contribution in [3.63, 3.8) is 0 Å². The number of hydrogen-bond acceptors (Lipinski definition) is 6. The number of benzene rings is 2. The van der Waals surface area contributed by atoms with Gasteiger partial charge in [-0.3, -0.25) is 4.79 Å². The molecule has 1 aromatic heterocycles. The minimum atomic E-state index is -0.00192. The van der Waals surface area contributed by atoms with Crippen LogP contribution in [0.4, 0.5) is 11.6 Å². The van der Waals surface area contributed by atoms with Crippen LogP contribution in [0.15, 0.2) is 42.5 Å². The molecule has 2 aromatic carbocycles. The van der Waals surface area contributed by atoms with Gasteiger partial charge in [0.2, 0.25) is 11.9 Å². The highest BCUT2D eigenvalue weighted by Crippen LogP contribution is 2.27. The molecule has 2 saturated heterocycles. The molecule has 2 aliphatic rings. The Bertz CT molecular complexity index is 1210. The lowest BCUT2D eigenvalue weighted by Gasteiger charge is -2.36. The first-order chi connectivity index (χ1) is 17.9. The van der Waals surface area contributed by atoms with Crippen molar-refractivity contribution in [1.82, 2.24) is 14.9 Å². The molecule has 2 fully saturated rings. The zero-order valence-corrected chi connectivity index (χ0v) is 22.4. The maximum Gasteiger partial charge on any atom is 0.226 e. The van der Waals surface area contributed by atoms with E-state index in [0.29, 0.717) is 18.9 Å². The molecule has 3 aromatic rings. The highest BCUT2D eigenvalue weighted by atomic mass is 16.5. The number of amides is 1. The Balaban J connectivity index is 1.17. The molecule has 0 saturated carbocycles. The van der Waals surface area contributed by atoms with Gasteiger partial charge in [-0.1, -0.05) is 12.1 Å². The van der Waals surface area contributed by atoms with E-state index >= 15 is 0 Å². The van der Waals surface area contributed by atoms with Gasteiger partial charge in [-0.05, 0) is 102 Å². The third kappa shape index (κ3) is 6.39. The summed E-state index contributed by atoms with van der Waals surface area (Å²) in [6, 6.07) is 14.6. The Morgan fingerprint density at radius 3 is 2.46 bits per heavy atom. The number of likely N-dealkylation sites (tertiary alicyclic amines) is 1. The van der Waals surface area contributed by atoms with Crippen molar-refractivity contribution in [3.05, 3.63) is 53.7 Å².